The number of hydrogen-bond acceptors (Lipinski definition) is 7. The Balaban J connectivity index is 1.71. The summed E-state index contributed by atoms with van der Waals surface area (Å²) in [7, 11) is 1.34. The number of carbonyl (C=O) groups is 1. The first kappa shape index (κ1) is 22.3. The Morgan fingerprint density at radius 2 is 1.84 bits per heavy atom. The highest BCUT2D eigenvalue weighted by molar-refractivity contribution is 7.80. The lowest BCUT2D eigenvalue weighted by atomic mass is 10.2. The first-order valence-electron chi connectivity index (χ1n) is 9.35. The van der Waals surface area contributed by atoms with Crippen molar-refractivity contribution >= 4 is 52.2 Å². The molecule has 0 aliphatic heterocycles. The average Bonchev–Trinajstić information content (AvgIpc) is 3.25. The molecule has 0 radical (unpaired) electrons. The van der Waals surface area contributed by atoms with E-state index in [9.17, 15) is 4.79 Å². The van der Waals surface area contributed by atoms with Crippen LogP contribution in [0.1, 0.15) is 26.6 Å². The molecule has 0 amide bonds. The summed E-state index contributed by atoms with van der Waals surface area (Å²) < 4.78 is 4.71. The number of thiocarbonyl (C=S) groups is 1. The number of esters is 1. The molecule has 2 aromatic heterocycles. The number of aromatic nitrogens is 2. The summed E-state index contributed by atoms with van der Waals surface area (Å²) in [6.45, 7) is 4.29. The summed E-state index contributed by atoms with van der Waals surface area (Å²) in [5, 5.41) is 11.6. The molecule has 0 unspecified atom stereocenters. The minimum Gasteiger partial charge on any atom is -0.465 e. The first-order valence-corrected chi connectivity index (χ1v) is 10.6. The van der Waals surface area contributed by atoms with Crippen LogP contribution < -0.4 is 16.0 Å². The van der Waals surface area contributed by atoms with Crippen molar-refractivity contribution < 1.29 is 9.53 Å². The number of rotatable bonds is 5. The number of carbonyl (C=O) groups excluding carboxylic acids is 1. The van der Waals surface area contributed by atoms with Gasteiger partial charge in [0.15, 0.2) is 5.11 Å². The van der Waals surface area contributed by atoms with Crippen molar-refractivity contribution in [1.29, 1.82) is 0 Å². The summed E-state index contributed by atoms with van der Waals surface area (Å²) in [5.41, 5.74) is 2.86. The standard InChI is InChI=1S/C21H22N6O2S2/c1-13-11-14(2)24-20(23-13)26-19(22-12-17-5-4-10-31-17)27-21(30)25-16-8-6-15(7-9-16)18(28)29-3/h4-11H,12H2,1-3H3,(H3,22,23,24,25,26,27,30). The van der Waals surface area contributed by atoms with E-state index in [4.69, 9.17) is 17.0 Å². The number of aryl methyl sites for hydroxylation is 2. The Hall–Kier alpha value is -3.37. The number of hydrogen-bond donors (Lipinski definition) is 3. The van der Waals surface area contributed by atoms with E-state index in [1.54, 1.807) is 35.6 Å². The largest absolute Gasteiger partial charge is 0.465 e. The van der Waals surface area contributed by atoms with Gasteiger partial charge in [0.25, 0.3) is 0 Å². The molecule has 0 atom stereocenters. The van der Waals surface area contributed by atoms with Crippen molar-refractivity contribution in [3.05, 3.63) is 69.7 Å². The number of aliphatic imine (C=N–C) groups is 1. The van der Waals surface area contributed by atoms with Gasteiger partial charge in [-0.1, -0.05) is 6.07 Å². The van der Waals surface area contributed by atoms with Crippen LogP contribution in [0.2, 0.25) is 0 Å². The van der Waals surface area contributed by atoms with Crippen molar-refractivity contribution in [2.45, 2.75) is 20.4 Å². The monoisotopic (exact) mass is 454 g/mol. The lowest BCUT2D eigenvalue weighted by molar-refractivity contribution is 0.0601. The SMILES string of the molecule is COC(=O)c1ccc(NC(=S)NC(=NCc2cccs2)Nc2nc(C)cc(C)n2)cc1. The average molecular weight is 455 g/mol. The van der Waals surface area contributed by atoms with E-state index in [-0.39, 0.29) is 0 Å². The molecular formula is C21H22N6O2S2. The molecule has 3 N–H and O–H groups in total. The third-order valence-corrected chi connectivity index (χ3v) is 5.05. The van der Waals surface area contributed by atoms with Crippen molar-refractivity contribution in [1.82, 2.24) is 15.3 Å². The Bertz CT molecular complexity index is 1060. The number of thiophene rings is 1. The zero-order valence-corrected chi connectivity index (χ0v) is 18.9. The van der Waals surface area contributed by atoms with Crippen LogP contribution in [0.3, 0.4) is 0 Å². The fourth-order valence-electron chi connectivity index (χ4n) is 2.63. The fourth-order valence-corrected chi connectivity index (χ4v) is 3.48. The molecule has 0 fully saturated rings. The molecule has 3 aromatic rings. The van der Waals surface area contributed by atoms with E-state index in [0.717, 1.165) is 16.3 Å². The van der Waals surface area contributed by atoms with Gasteiger partial charge in [0, 0.05) is 22.0 Å². The van der Waals surface area contributed by atoms with Crippen molar-refractivity contribution in [3.8, 4) is 0 Å². The lowest BCUT2D eigenvalue weighted by Crippen LogP contribution is -2.39. The van der Waals surface area contributed by atoms with E-state index < -0.39 is 5.97 Å². The second kappa shape index (κ2) is 10.6. The van der Waals surface area contributed by atoms with E-state index in [0.29, 0.717) is 34.8 Å². The van der Waals surface area contributed by atoms with Gasteiger partial charge in [-0.3, -0.25) is 5.32 Å². The normalized spacial score (nSPS) is 11.0. The number of anilines is 2. The topological polar surface area (TPSA) is 101 Å². The van der Waals surface area contributed by atoms with Crippen LogP contribution in [-0.2, 0) is 11.3 Å². The molecule has 3 rings (SSSR count). The number of benzene rings is 1. The van der Waals surface area contributed by atoms with Crippen molar-refractivity contribution in [3.63, 3.8) is 0 Å². The predicted octanol–water partition coefficient (Wildman–Crippen LogP) is 3.90. The van der Waals surface area contributed by atoms with Crippen LogP contribution >= 0.6 is 23.6 Å². The Morgan fingerprint density at radius 3 is 2.45 bits per heavy atom. The van der Waals surface area contributed by atoms with E-state index in [1.807, 2.05) is 37.4 Å². The molecule has 8 nitrogen and oxygen atoms in total. The van der Waals surface area contributed by atoms with Gasteiger partial charge in [-0.15, -0.1) is 11.3 Å². The summed E-state index contributed by atoms with van der Waals surface area (Å²) in [6, 6.07) is 12.7. The van der Waals surface area contributed by atoms with E-state index in [2.05, 4.69) is 30.9 Å². The number of methoxy groups -OCH3 is 1. The second-order valence-corrected chi connectivity index (χ2v) is 7.93. The Labute approximate surface area is 189 Å². The highest BCUT2D eigenvalue weighted by atomic mass is 32.1. The molecule has 10 heteroatoms. The maximum Gasteiger partial charge on any atom is 0.337 e. The highest BCUT2D eigenvalue weighted by Crippen LogP contribution is 2.12. The van der Waals surface area contributed by atoms with Gasteiger partial charge < -0.3 is 15.4 Å². The van der Waals surface area contributed by atoms with Crippen LogP contribution in [-0.4, -0.2) is 34.1 Å². The maximum absolute atomic E-state index is 11.6. The van der Waals surface area contributed by atoms with Gasteiger partial charge in [0.1, 0.15) is 0 Å². The fraction of sp³-hybridized carbons (Fsp3) is 0.190. The number of nitrogens with zero attached hydrogens (tertiary/aromatic N) is 3. The molecule has 0 spiro atoms. The molecular weight excluding hydrogens is 432 g/mol. The lowest BCUT2D eigenvalue weighted by Gasteiger charge is -2.14. The molecule has 0 aliphatic rings. The smallest absolute Gasteiger partial charge is 0.337 e. The van der Waals surface area contributed by atoms with Gasteiger partial charge in [-0.25, -0.2) is 19.8 Å². The second-order valence-electron chi connectivity index (χ2n) is 6.49. The molecule has 31 heavy (non-hydrogen) atoms. The van der Waals surface area contributed by atoms with Gasteiger partial charge in [0.05, 0.1) is 19.2 Å². The molecule has 2 heterocycles. The van der Waals surface area contributed by atoms with Gasteiger partial charge in [-0.05, 0) is 67.8 Å². The molecule has 160 valence electrons. The third-order valence-electron chi connectivity index (χ3n) is 3.98. The van der Waals surface area contributed by atoms with Crippen LogP contribution in [0.4, 0.5) is 11.6 Å². The summed E-state index contributed by atoms with van der Waals surface area (Å²) >= 11 is 7.05. The molecule has 0 bridgehead atoms. The minimum absolute atomic E-state index is 0.327. The molecule has 0 saturated carbocycles. The minimum atomic E-state index is -0.395. The van der Waals surface area contributed by atoms with Crippen molar-refractivity contribution in [2.75, 3.05) is 17.7 Å². The van der Waals surface area contributed by atoms with Crippen molar-refractivity contribution in [2.24, 2.45) is 4.99 Å². The van der Waals surface area contributed by atoms with Gasteiger partial charge in [0.2, 0.25) is 11.9 Å². The number of ether oxygens (including phenoxy) is 1. The van der Waals surface area contributed by atoms with Crippen LogP contribution in [0.25, 0.3) is 0 Å². The Morgan fingerprint density at radius 1 is 1.13 bits per heavy atom. The van der Waals surface area contributed by atoms with Crippen LogP contribution in [0.15, 0.2) is 52.8 Å². The summed E-state index contributed by atoms with van der Waals surface area (Å²) in [4.78, 5) is 26.1. The van der Waals surface area contributed by atoms with Gasteiger partial charge >= 0.3 is 5.97 Å². The number of nitrogens with one attached hydrogen (secondary N) is 3. The number of guanidine groups is 1. The van der Waals surface area contributed by atoms with Crippen LogP contribution in [0.5, 0.6) is 0 Å². The predicted molar refractivity (Wildman–Crippen MR) is 128 cm³/mol. The maximum atomic E-state index is 11.6. The zero-order valence-electron chi connectivity index (χ0n) is 17.3. The quantitative estimate of drug-likeness (QED) is 0.231. The summed E-state index contributed by atoms with van der Waals surface area (Å²) in [6.07, 6.45) is 0. The first-order chi connectivity index (χ1) is 14.9. The molecule has 0 aliphatic carbocycles. The molecule has 1 aromatic carbocycles. The zero-order chi connectivity index (χ0) is 22.2. The van der Waals surface area contributed by atoms with E-state index >= 15 is 0 Å². The Kier molecular flexibility index (Phi) is 7.63. The third kappa shape index (κ3) is 6.83. The van der Waals surface area contributed by atoms with Crippen LogP contribution in [0, 0.1) is 13.8 Å². The highest BCUT2D eigenvalue weighted by Gasteiger charge is 2.09. The summed E-state index contributed by atoms with van der Waals surface area (Å²) in [5.74, 6) is 0.454. The van der Waals surface area contributed by atoms with E-state index in [1.165, 1.54) is 7.11 Å². The molecule has 0 saturated heterocycles. The van der Waals surface area contributed by atoms with Gasteiger partial charge in [-0.2, -0.15) is 0 Å².